The van der Waals surface area contributed by atoms with Gasteiger partial charge in [0.15, 0.2) is 11.5 Å². The van der Waals surface area contributed by atoms with E-state index in [1.54, 1.807) is 36.4 Å². The van der Waals surface area contributed by atoms with Crippen LogP contribution in [0.15, 0.2) is 46.4 Å². The highest BCUT2D eigenvalue weighted by Crippen LogP contribution is 2.35. The lowest BCUT2D eigenvalue weighted by molar-refractivity contribution is -0.112. The number of amides is 1. The lowest BCUT2D eigenvalue weighted by atomic mass is 10.1. The van der Waals surface area contributed by atoms with Gasteiger partial charge in [0.25, 0.3) is 5.91 Å². The maximum Gasteiger partial charge on any atom is 0.266 e. The summed E-state index contributed by atoms with van der Waals surface area (Å²) in [6.07, 6.45) is 2.37. The van der Waals surface area contributed by atoms with Gasteiger partial charge in [-0.2, -0.15) is 5.26 Å². The van der Waals surface area contributed by atoms with Gasteiger partial charge in [0, 0.05) is 15.2 Å². The van der Waals surface area contributed by atoms with Crippen LogP contribution in [0.4, 0.5) is 5.69 Å². The number of carbonyl (C=O) groups excluding carboxylic acids is 1. The first-order valence-corrected chi connectivity index (χ1v) is 9.93. The van der Waals surface area contributed by atoms with E-state index in [4.69, 9.17) is 21.1 Å². The van der Waals surface area contributed by atoms with Crippen molar-refractivity contribution in [1.29, 1.82) is 5.26 Å². The van der Waals surface area contributed by atoms with Gasteiger partial charge in [0.2, 0.25) is 0 Å². The average Bonchev–Trinajstić information content (AvgIpc) is 2.68. The van der Waals surface area contributed by atoms with Crippen molar-refractivity contribution in [3.05, 3.63) is 57.0 Å². The molecule has 2 rings (SSSR count). The summed E-state index contributed by atoms with van der Waals surface area (Å²) < 4.78 is 12.0. The standard InChI is InChI=1S/C21H20BrClN2O3/c1-3-9-28-20-12-18(22)14(11-19(20)27-4-2)10-15(13-24)21(26)25-17-7-5-16(23)6-8-17/h5-8,10-12H,3-4,9H2,1-2H3,(H,25,26)/b15-10-. The first kappa shape index (κ1) is 21.8. The van der Waals surface area contributed by atoms with Crippen LogP contribution in [0.1, 0.15) is 25.8 Å². The molecule has 0 aliphatic carbocycles. The molecule has 0 atom stereocenters. The molecule has 0 bridgehead atoms. The predicted octanol–water partition coefficient (Wildman–Crippen LogP) is 5.84. The average molecular weight is 464 g/mol. The zero-order valence-corrected chi connectivity index (χ0v) is 17.9. The van der Waals surface area contributed by atoms with E-state index >= 15 is 0 Å². The van der Waals surface area contributed by atoms with Gasteiger partial charge < -0.3 is 14.8 Å². The summed E-state index contributed by atoms with van der Waals surface area (Å²) in [6, 6.07) is 12.1. The molecule has 2 aromatic rings. The van der Waals surface area contributed by atoms with Crippen LogP contribution >= 0.6 is 27.5 Å². The van der Waals surface area contributed by atoms with E-state index in [-0.39, 0.29) is 5.57 Å². The second-order valence-corrected chi connectivity index (χ2v) is 7.02. The van der Waals surface area contributed by atoms with Crippen LogP contribution in [0.5, 0.6) is 11.5 Å². The molecule has 0 aliphatic heterocycles. The van der Waals surface area contributed by atoms with Gasteiger partial charge >= 0.3 is 0 Å². The van der Waals surface area contributed by atoms with Crippen LogP contribution in [-0.4, -0.2) is 19.1 Å². The van der Waals surface area contributed by atoms with Crippen LogP contribution in [0.3, 0.4) is 0 Å². The Balaban J connectivity index is 2.31. The smallest absolute Gasteiger partial charge is 0.266 e. The predicted molar refractivity (Wildman–Crippen MR) is 115 cm³/mol. The van der Waals surface area contributed by atoms with Gasteiger partial charge in [-0.05, 0) is 61.4 Å². The fraction of sp³-hybridized carbons (Fsp3) is 0.238. The zero-order valence-electron chi connectivity index (χ0n) is 15.6. The number of nitrogens with one attached hydrogen (secondary N) is 1. The molecule has 1 N–H and O–H groups in total. The highest BCUT2D eigenvalue weighted by molar-refractivity contribution is 9.10. The molecule has 0 spiro atoms. The summed E-state index contributed by atoms with van der Waals surface area (Å²) in [4.78, 5) is 12.5. The van der Waals surface area contributed by atoms with Crippen LogP contribution < -0.4 is 14.8 Å². The molecule has 0 saturated carbocycles. The van der Waals surface area contributed by atoms with Gasteiger partial charge in [-0.1, -0.05) is 34.5 Å². The first-order valence-electron chi connectivity index (χ1n) is 8.76. The monoisotopic (exact) mass is 462 g/mol. The van der Waals surface area contributed by atoms with E-state index in [1.165, 1.54) is 6.08 Å². The van der Waals surface area contributed by atoms with Gasteiger partial charge in [0.1, 0.15) is 11.6 Å². The van der Waals surface area contributed by atoms with Crippen molar-refractivity contribution < 1.29 is 14.3 Å². The Labute approximate surface area is 178 Å². The van der Waals surface area contributed by atoms with Crippen LogP contribution in [0, 0.1) is 11.3 Å². The third kappa shape index (κ3) is 6.01. The van der Waals surface area contributed by atoms with E-state index in [0.29, 0.717) is 45.5 Å². The Morgan fingerprint density at radius 2 is 1.89 bits per heavy atom. The second-order valence-electron chi connectivity index (χ2n) is 5.73. The maximum absolute atomic E-state index is 12.5. The molecular formula is C21H20BrClN2O3. The normalized spacial score (nSPS) is 10.9. The highest BCUT2D eigenvalue weighted by Gasteiger charge is 2.14. The van der Waals surface area contributed by atoms with Crippen molar-refractivity contribution in [2.24, 2.45) is 0 Å². The molecule has 7 heteroatoms. The summed E-state index contributed by atoms with van der Waals surface area (Å²) >= 11 is 9.31. The molecule has 0 radical (unpaired) electrons. The van der Waals surface area contributed by atoms with Crippen molar-refractivity contribution in [2.45, 2.75) is 20.3 Å². The van der Waals surface area contributed by atoms with Crippen LogP contribution in [0.25, 0.3) is 6.08 Å². The maximum atomic E-state index is 12.5. The number of hydrogen-bond donors (Lipinski definition) is 1. The number of ether oxygens (including phenoxy) is 2. The summed E-state index contributed by atoms with van der Waals surface area (Å²) in [5.74, 6) is 0.652. The fourth-order valence-corrected chi connectivity index (χ4v) is 2.85. The molecule has 0 unspecified atom stereocenters. The van der Waals surface area contributed by atoms with Gasteiger partial charge in [-0.25, -0.2) is 0 Å². The lowest BCUT2D eigenvalue weighted by Gasteiger charge is -2.13. The number of halogens is 2. The Bertz CT molecular complexity index is 905. The Morgan fingerprint density at radius 3 is 2.50 bits per heavy atom. The minimum absolute atomic E-state index is 0.0414. The highest BCUT2D eigenvalue weighted by atomic mass is 79.9. The number of hydrogen-bond acceptors (Lipinski definition) is 4. The van der Waals surface area contributed by atoms with Gasteiger partial charge in [-0.3, -0.25) is 4.79 Å². The molecule has 2 aromatic carbocycles. The molecule has 0 aliphatic rings. The summed E-state index contributed by atoms with van der Waals surface area (Å²) in [5, 5.41) is 12.7. The number of anilines is 1. The van der Waals surface area contributed by atoms with E-state index in [0.717, 1.165) is 6.42 Å². The third-order valence-electron chi connectivity index (χ3n) is 3.59. The molecule has 0 fully saturated rings. The molecule has 0 heterocycles. The Hall–Kier alpha value is -2.49. The second kappa shape index (κ2) is 10.7. The van der Waals surface area contributed by atoms with E-state index in [2.05, 4.69) is 21.2 Å². The minimum atomic E-state index is -0.513. The summed E-state index contributed by atoms with van der Waals surface area (Å²) in [6.45, 7) is 4.93. The van der Waals surface area contributed by atoms with Gasteiger partial charge in [-0.15, -0.1) is 0 Å². The number of benzene rings is 2. The van der Waals surface area contributed by atoms with Gasteiger partial charge in [0.05, 0.1) is 13.2 Å². The first-order chi connectivity index (χ1) is 13.5. The molecule has 1 amide bonds. The lowest BCUT2D eigenvalue weighted by Crippen LogP contribution is -2.13. The van der Waals surface area contributed by atoms with E-state index in [9.17, 15) is 10.1 Å². The number of carbonyl (C=O) groups is 1. The minimum Gasteiger partial charge on any atom is -0.490 e. The molecule has 0 saturated heterocycles. The van der Waals surface area contributed by atoms with Crippen molar-refractivity contribution in [2.75, 3.05) is 18.5 Å². The molecular weight excluding hydrogens is 444 g/mol. The number of rotatable bonds is 8. The Morgan fingerprint density at radius 1 is 1.21 bits per heavy atom. The topological polar surface area (TPSA) is 71.3 Å². The third-order valence-corrected chi connectivity index (χ3v) is 4.53. The Kier molecular flexibility index (Phi) is 8.37. The largest absolute Gasteiger partial charge is 0.490 e. The number of nitriles is 1. The molecule has 0 aromatic heterocycles. The van der Waals surface area contributed by atoms with Crippen molar-refractivity contribution in [3.8, 4) is 17.6 Å². The molecule has 146 valence electrons. The van der Waals surface area contributed by atoms with Crippen molar-refractivity contribution >= 4 is 45.2 Å². The SMILES string of the molecule is CCCOc1cc(Br)c(/C=C(/C#N)C(=O)Nc2ccc(Cl)cc2)cc1OCC. The van der Waals surface area contributed by atoms with E-state index < -0.39 is 5.91 Å². The summed E-state index contributed by atoms with van der Waals surface area (Å²) in [5.41, 5.74) is 1.14. The van der Waals surface area contributed by atoms with Crippen LogP contribution in [-0.2, 0) is 4.79 Å². The van der Waals surface area contributed by atoms with E-state index in [1.807, 2.05) is 19.9 Å². The quantitative estimate of drug-likeness (QED) is 0.394. The zero-order chi connectivity index (χ0) is 20.5. The summed E-state index contributed by atoms with van der Waals surface area (Å²) in [7, 11) is 0. The molecule has 28 heavy (non-hydrogen) atoms. The van der Waals surface area contributed by atoms with Crippen LogP contribution in [0.2, 0.25) is 5.02 Å². The van der Waals surface area contributed by atoms with Crippen molar-refractivity contribution in [3.63, 3.8) is 0 Å². The van der Waals surface area contributed by atoms with Crippen molar-refractivity contribution in [1.82, 2.24) is 0 Å². The molecule has 5 nitrogen and oxygen atoms in total. The number of nitrogens with zero attached hydrogens (tertiary/aromatic N) is 1. The fourth-order valence-electron chi connectivity index (χ4n) is 2.29.